The van der Waals surface area contributed by atoms with Gasteiger partial charge in [0.15, 0.2) is 5.76 Å². The molecular weight excluding hydrogens is 340 g/mol. The number of rotatable bonds is 5. The molecule has 0 saturated carbocycles. The zero-order valence-corrected chi connectivity index (χ0v) is 15.0. The molecule has 1 N–H and O–H groups in total. The molecule has 0 aliphatic rings. The van der Waals surface area contributed by atoms with Crippen molar-refractivity contribution in [3.63, 3.8) is 0 Å². The van der Waals surface area contributed by atoms with E-state index >= 15 is 0 Å². The first-order valence-corrected chi connectivity index (χ1v) is 8.56. The molecule has 4 aromatic heterocycles. The van der Waals surface area contributed by atoms with Crippen LogP contribution < -0.4 is 5.32 Å². The number of anilines is 1. The lowest BCUT2D eigenvalue weighted by Gasteiger charge is -2.11. The van der Waals surface area contributed by atoms with E-state index in [1.54, 1.807) is 24.8 Å². The average molecular weight is 358 g/mol. The summed E-state index contributed by atoms with van der Waals surface area (Å²) in [7, 11) is 0. The Labute approximate surface area is 156 Å². The molecule has 0 aromatic carbocycles. The number of pyridine rings is 2. The van der Waals surface area contributed by atoms with E-state index in [4.69, 9.17) is 9.51 Å². The van der Waals surface area contributed by atoms with Crippen molar-refractivity contribution in [3.05, 3.63) is 72.1 Å². The molecule has 0 saturated heterocycles. The van der Waals surface area contributed by atoms with E-state index in [0.29, 0.717) is 18.3 Å². The highest BCUT2D eigenvalue weighted by Crippen LogP contribution is 2.32. The van der Waals surface area contributed by atoms with Crippen LogP contribution in [-0.4, -0.2) is 25.1 Å². The van der Waals surface area contributed by atoms with Crippen LogP contribution in [0.15, 0.2) is 59.6 Å². The monoisotopic (exact) mass is 358 g/mol. The summed E-state index contributed by atoms with van der Waals surface area (Å²) >= 11 is 0. The van der Waals surface area contributed by atoms with Gasteiger partial charge in [0.25, 0.3) is 0 Å². The van der Waals surface area contributed by atoms with Crippen molar-refractivity contribution >= 4 is 5.95 Å². The van der Waals surface area contributed by atoms with E-state index in [2.05, 4.69) is 25.4 Å². The average Bonchev–Trinajstić information content (AvgIpc) is 3.13. The van der Waals surface area contributed by atoms with Crippen LogP contribution in [0.25, 0.3) is 22.6 Å². The molecule has 0 fully saturated rings. The van der Waals surface area contributed by atoms with Gasteiger partial charge in [0.2, 0.25) is 5.95 Å². The van der Waals surface area contributed by atoms with Crippen molar-refractivity contribution in [2.75, 3.05) is 5.32 Å². The number of aryl methyl sites for hydroxylation is 2. The van der Waals surface area contributed by atoms with Gasteiger partial charge in [-0.05, 0) is 43.7 Å². The number of nitrogens with one attached hydrogen (secondary N) is 1. The first kappa shape index (κ1) is 16.8. The first-order chi connectivity index (χ1) is 13.2. The summed E-state index contributed by atoms with van der Waals surface area (Å²) in [6.07, 6.45) is 7.04. The maximum Gasteiger partial charge on any atom is 0.223 e. The van der Waals surface area contributed by atoms with E-state index in [0.717, 1.165) is 33.8 Å². The van der Waals surface area contributed by atoms with Gasteiger partial charge >= 0.3 is 0 Å². The minimum Gasteiger partial charge on any atom is -0.356 e. The maximum absolute atomic E-state index is 5.44. The van der Waals surface area contributed by atoms with Gasteiger partial charge in [-0.15, -0.1) is 0 Å². The predicted molar refractivity (Wildman–Crippen MR) is 102 cm³/mol. The van der Waals surface area contributed by atoms with E-state index in [-0.39, 0.29) is 0 Å². The van der Waals surface area contributed by atoms with Crippen molar-refractivity contribution in [2.24, 2.45) is 0 Å². The Morgan fingerprint density at radius 3 is 2.59 bits per heavy atom. The third-order valence-electron chi connectivity index (χ3n) is 4.14. The Bertz CT molecular complexity index is 1060. The van der Waals surface area contributed by atoms with Crippen molar-refractivity contribution in [2.45, 2.75) is 20.4 Å². The molecule has 4 rings (SSSR count). The molecule has 0 aliphatic carbocycles. The van der Waals surface area contributed by atoms with Gasteiger partial charge in [0, 0.05) is 48.7 Å². The molecule has 27 heavy (non-hydrogen) atoms. The summed E-state index contributed by atoms with van der Waals surface area (Å²) in [5, 5.41) is 7.24. The van der Waals surface area contributed by atoms with Gasteiger partial charge < -0.3 is 9.84 Å². The Morgan fingerprint density at radius 2 is 1.85 bits per heavy atom. The summed E-state index contributed by atoms with van der Waals surface area (Å²) in [6.45, 7) is 4.44. The molecule has 0 amide bonds. The molecule has 0 bridgehead atoms. The van der Waals surface area contributed by atoms with Crippen LogP contribution in [0.5, 0.6) is 0 Å². The minimum atomic E-state index is 0.532. The molecule has 0 aliphatic heterocycles. The molecule has 7 heteroatoms. The van der Waals surface area contributed by atoms with Crippen molar-refractivity contribution < 1.29 is 4.52 Å². The van der Waals surface area contributed by atoms with Crippen LogP contribution in [0.3, 0.4) is 0 Å². The second kappa shape index (κ2) is 7.33. The van der Waals surface area contributed by atoms with Crippen LogP contribution in [0.1, 0.15) is 17.0 Å². The van der Waals surface area contributed by atoms with Gasteiger partial charge in [0.1, 0.15) is 0 Å². The normalized spacial score (nSPS) is 10.7. The highest BCUT2D eigenvalue weighted by molar-refractivity contribution is 5.79. The SMILES string of the molecule is Cc1cc(-c2cnc(NCc3ccncc3)nc2-c2cccnc2C)on1. The fourth-order valence-corrected chi connectivity index (χ4v) is 2.76. The molecule has 134 valence electrons. The number of hydrogen-bond donors (Lipinski definition) is 1. The quantitative estimate of drug-likeness (QED) is 0.580. The third kappa shape index (κ3) is 3.67. The topological polar surface area (TPSA) is 89.6 Å². The predicted octanol–water partition coefficient (Wildman–Crippen LogP) is 3.82. The van der Waals surface area contributed by atoms with Gasteiger partial charge in [-0.3, -0.25) is 9.97 Å². The van der Waals surface area contributed by atoms with Gasteiger partial charge in [-0.2, -0.15) is 0 Å². The third-order valence-corrected chi connectivity index (χ3v) is 4.14. The smallest absolute Gasteiger partial charge is 0.223 e. The first-order valence-electron chi connectivity index (χ1n) is 8.56. The summed E-state index contributed by atoms with van der Waals surface area (Å²) < 4.78 is 5.44. The molecule has 0 unspecified atom stereocenters. The van der Waals surface area contributed by atoms with Gasteiger partial charge in [-0.25, -0.2) is 9.97 Å². The standard InChI is InChI=1S/C20H18N6O/c1-13-10-18(27-26-13)17-12-24-20(23-11-15-5-8-21-9-6-15)25-19(17)16-4-3-7-22-14(16)2/h3-10,12H,11H2,1-2H3,(H,23,24,25). The van der Waals surface area contributed by atoms with E-state index < -0.39 is 0 Å². The molecule has 4 aromatic rings. The van der Waals surface area contributed by atoms with Crippen molar-refractivity contribution in [3.8, 4) is 22.6 Å². The van der Waals surface area contributed by atoms with Crippen molar-refractivity contribution in [1.29, 1.82) is 0 Å². The van der Waals surface area contributed by atoms with Gasteiger partial charge in [0.05, 0.1) is 17.0 Å². The van der Waals surface area contributed by atoms with Crippen LogP contribution in [0.2, 0.25) is 0 Å². The molecule has 0 atom stereocenters. The zero-order chi connectivity index (χ0) is 18.6. The fraction of sp³-hybridized carbons (Fsp3) is 0.150. The Kier molecular flexibility index (Phi) is 4.57. The molecular formula is C20H18N6O. The van der Waals surface area contributed by atoms with Crippen LogP contribution >= 0.6 is 0 Å². The second-order valence-corrected chi connectivity index (χ2v) is 6.13. The van der Waals surface area contributed by atoms with Crippen LogP contribution in [0.4, 0.5) is 5.95 Å². The molecule has 0 radical (unpaired) electrons. The number of aromatic nitrogens is 5. The lowest BCUT2D eigenvalue weighted by atomic mass is 10.0. The largest absolute Gasteiger partial charge is 0.356 e. The summed E-state index contributed by atoms with van der Waals surface area (Å²) in [4.78, 5) is 17.6. The highest BCUT2D eigenvalue weighted by atomic mass is 16.5. The lowest BCUT2D eigenvalue weighted by molar-refractivity contribution is 0.427. The van der Waals surface area contributed by atoms with Gasteiger partial charge in [-0.1, -0.05) is 5.16 Å². The zero-order valence-electron chi connectivity index (χ0n) is 15.0. The minimum absolute atomic E-state index is 0.532. The Balaban J connectivity index is 1.73. The Morgan fingerprint density at radius 1 is 1.00 bits per heavy atom. The molecule has 7 nitrogen and oxygen atoms in total. The molecule has 0 spiro atoms. The maximum atomic E-state index is 5.44. The number of hydrogen-bond acceptors (Lipinski definition) is 7. The summed E-state index contributed by atoms with van der Waals surface area (Å²) in [5.74, 6) is 1.16. The van der Waals surface area contributed by atoms with E-state index in [1.807, 2.05) is 44.2 Å². The highest BCUT2D eigenvalue weighted by Gasteiger charge is 2.17. The second-order valence-electron chi connectivity index (χ2n) is 6.13. The molecule has 4 heterocycles. The van der Waals surface area contributed by atoms with Crippen LogP contribution in [0, 0.1) is 13.8 Å². The fourth-order valence-electron chi connectivity index (χ4n) is 2.76. The number of nitrogens with zero attached hydrogens (tertiary/aromatic N) is 5. The van der Waals surface area contributed by atoms with E-state index in [9.17, 15) is 0 Å². The Hall–Kier alpha value is -3.61. The van der Waals surface area contributed by atoms with E-state index in [1.165, 1.54) is 0 Å². The van der Waals surface area contributed by atoms with Crippen molar-refractivity contribution in [1.82, 2.24) is 25.1 Å². The summed E-state index contributed by atoms with van der Waals surface area (Å²) in [5.41, 5.74) is 5.25. The van der Waals surface area contributed by atoms with Crippen LogP contribution in [-0.2, 0) is 6.54 Å². The lowest BCUT2D eigenvalue weighted by Crippen LogP contribution is -2.05. The summed E-state index contributed by atoms with van der Waals surface area (Å²) in [6, 6.07) is 9.65.